The average Bonchev–Trinajstić information content (AvgIpc) is 2.69. The minimum Gasteiger partial charge on any atom is -0.486 e. The van der Waals surface area contributed by atoms with Crippen LogP contribution in [-0.2, 0) is 14.9 Å². The summed E-state index contributed by atoms with van der Waals surface area (Å²) in [5.74, 6) is 0.684. The SMILES string of the molecule is O=C(Nc1cc2c(cc1Br)OCCO2)C1(c2cccc(F)c2)CCOCC1. The second kappa shape index (κ2) is 7.48. The van der Waals surface area contributed by atoms with Crippen molar-refractivity contribution in [3.63, 3.8) is 0 Å². The highest BCUT2D eigenvalue weighted by Gasteiger charge is 2.42. The molecular formula is C20H19BrFNO4. The van der Waals surface area contributed by atoms with Crippen LogP contribution in [0.25, 0.3) is 0 Å². The van der Waals surface area contributed by atoms with Gasteiger partial charge >= 0.3 is 0 Å². The van der Waals surface area contributed by atoms with Gasteiger partial charge < -0.3 is 19.5 Å². The zero-order chi connectivity index (χ0) is 18.9. The Hall–Kier alpha value is -2.12. The zero-order valence-corrected chi connectivity index (χ0v) is 16.2. The summed E-state index contributed by atoms with van der Waals surface area (Å²) in [6.45, 7) is 1.86. The number of halogens is 2. The molecule has 4 rings (SSSR count). The van der Waals surface area contributed by atoms with Crippen LogP contribution in [0.1, 0.15) is 18.4 Å². The first-order valence-electron chi connectivity index (χ1n) is 8.83. The van der Waals surface area contributed by atoms with Crippen LogP contribution >= 0.6 is 15.9 Å². The smallest absolute Gasteiger partial charge is 0.235 e. The van der Waals surface area contributed by atoms with Gasteiger partial charge in [-0.15, -0.1) is 0 Å². The lowest BCUT2D eigenvalue weighted by Gasteiger charge is -2.36. The van der Waals surface area contributed by atoms with Crippen molar-refractivity contribution < 1.29 is 23.4 Å². The first kappa shape index (κ1) is 18.3. The highest BCUT2D eigenvalue weighted by Crippen LogP contribution is 2.41. The van der Waals surface area contributed by atoms with Gasteiger partial charge in [0, 0.05) is 29.8 Å². The largest absolute Gasteiger partial charge is 0.486 e. The summed E-state index contributed by atoms with van der Waals surface area (Å²) in [7, 11) is 0. The van der Waals surface area contributed by atoms with Crippen molar-refractivity contribution in [1.29, 1.82) is 0 Å². The van der Waals surface area contributed by atoms with Gasteiger partial charge in [-0.3, -0.25) is 4.79 Å². The number of rotatable bonds is 3. The van der Waals surface area contributed by atoms with Gasteiger partial charge in [0.25, 0.3) is 0 Å². The molecule has 0 aromatic heterocycles. The Morgan fingerprint density at radius 3 is 2.44 bits per heavy atom. The highest BCUT2D eigenvalue weighted by atomic mass is 79.9. The van der Waals surface area contributed by atoms with Crippen LogP contribution in [-0.4, -0.2) is 32.3 Å². The Bertz CT molecular complexity index is 867. The Morgan fingerprint density at radius 1 is 1.04 bits per heavy atom. The van der Waals surface area contributed by atoms with Crippen molar-refractivity contribution in [1.82, 2.24) is 0 Å². The third-order valence-electron chi connectivity index (χ3n) is 5.04. The van der Waals surface area contributed by atoms with Crippen LogP contribution in [0.5, 0.6) is 11.5 Å². The lowest BCUT2D eigenvalue weighted by molar-refractivity contribution is -0.125. The van der Waals surface area contributed by atoms with Crippen molar-refractivity contribution in [2.24, 2.45) is 0 Å². The van der Waals surface area contributed by atoms with Crippen LogP contribution in [0, 0.1) is 5.82 Å². The third kappa shape index (κ3) is 3.53. The van der Waals surface area contributed by atoms with Gasteiger partial charge in [-0.2, -0.15) is 0 Å². The normalized spacial score (nSPS) is 18.0. The van der Waals surface area contributed by atoms with E-state index in [4.69, 9.17) is 14.2 Å². The van der Waals surface area contributed by atoms with E-state index in [0.29, 0.717) is 66.5 Å². The van der Waals surface area contributed by atoms with E-state index in [9.17, 15) is 9.18 Å². The third-order valence-corrected chi connectivity index (χ3v) is 5.69. The fourth-order valence-electron chi connectivity index (χ4n) is 3.55. The van der Waals surface area contributed by atoms with Gasteiger partial charge in [0.2, 0.25) is 5.91 Å². The fourth-order valence-corrected chi connectivity index (χ4v) is 3.98. The lowest BCUT2D eigenvalue weighted by atomic mass is 9.73. The molecule has 2 aromatic rings. The molecule has 1 fully saturated rings. The molecule has 1 N–H and O–H groups in total. The fraction of sp³-hybridized carbons (Fsp3) is 0.350. The molecule has 0 bridgehead atoms. The summed E-state index contributed by atoms with van der Waals surface area (Å²) in [4.78, 5) is 13.3. The summed E-state index contributed by atoms with van der Waals surface area (Å²) in [6.07, 6.45) is 0.981. The summed E-state index contributed by atoms with van der Waals surface area (Å²) >= 11 is 3.48. The molecule has 0 unspecified atom stereocenters. The van der Waals surface area contributed by atoms with Crippen LogP contribution < -0.4 is 14.8 Å². The lowest BCUT2D eigenvalue weighted by Crippen LogP contribution is -2.45. The standard InChI is InChI=1S/C20H19BrFNO4/c21-15-11-17-18(27-9-8-26-17)12-16(15)23-19(24)20(4-6-25-7-5-20)13-2-1-3-14(22)10-13/h1-3,10-12H,4-9H2,(H,23,24). The predicted molar refractivity (Wildman–Crippen MR) is 102 cm³/mol. The van der Waals surface area contributed by atoms with Crippen molar-refractivity contribution in [2.45, 2.75) is 18.3 Å². The number of amides is 1. The number of benzene rings is 2. The van der Waals surface area contributed by atoms with Gasteiger partial charge in [0.15, 0.2) is 11.5 Å². The summed E-state index contributed by atoms with van der Waals surface area (Å²) < 4.78 is 31.1. The van der Waals surface area contributed by atoms with E-state index in [1.54, 1.807) is 24.3 Å². The van der Waals surface area contributed by atoms with E-state index in [1.165, 1.54) is 12.1 Å². The molecular weight excluding hydrogens is 417 g/mol. The molecule has 2 aliphatic heterocycles. The molecule has 0 spiro atoms. The number of fused-ring (bicyclic) bond motifs is 1. The molecule has 0 radical (unpaired) electrons. The molecule has 7 heteroatoms. The Labute approximate surface area is 164 Å². The topological polar surface area (TPSA) is 56.8 Å². The molecule has 27 heavy (non-hydrogen) atoms. The van der Waals surface area contributed by atoms with Crippen molar-refractivity contribution in [3.05, 3.63) is 52.3 Å². The molecule has 0 aliphatic carbocycles. The number of nitrogens with one attached hydrogen (secondary N) is 1. The highest BCUT2D eigenvalue weighted by molar-refractivity contribution is 9.10. The van der Waals surface area contributed by atoms with Crippen molar-refractivity contribution in [2.75, 3.05) is 31.7 Å². The van der Waals surface area contributed by atoms with Gasteiger partial charge in [-0.25, -0.2) is 4.39 Å². The first-order chi connectivity index (χ1) is 13.1. The maximum atomic E-state index is 13.8. The van der Waals surface area contributed by atoms with E-state index in [0.717, 1.165) is 0 Å². The molecule has 1 amide bonds. The number of anilines is 1. The Morgan fingerprint density at radius 2 is 1.74 bits per heavy atom. The van der Waals surface area contributed by atoms with Crippen LogP contribution in [0.3, 0.4) is 0 Å². The molecule has 0 saturated carbocycles. The van der Waals surface area contributed by atoms with Crippen molar-refractivity contribution in [3.8, 4) is 11.5 Å². The van der Waals surface area contributed by atoms with Gasteiger partial charge in [0.1, 0.15) is 19.0 Å². The number of carbonyl (C=O) groups excluding carboxylic acids is 1. The van der Waals surface area contributed by atoms with E-state index in [1.807, 2.05) is 0 Å². The molecule has 0 atom stereocenters. The second-order valence-electron chi connectivity index (χ2n) is 6.63. The molecule has 1 saturated heterocycles. The van der Waals surface area contributed by atoms with Gasteiger partial charge in [-0.1, -0.05) is 12.1 Å². The minimum atomic E-state index is -0.840. The van der Waals surface area contributed by atoms with E-state index in [-0.39, 0.29) is 11.7 Å². The van der Waals surface area contributed by atoms with Gasteiger partial charge in [-0.05, 0) is 46.5 Å². The summed E-state index contributed by atoms with van der Waals surface area (Å²) in [5.41, 5.74) is 0.413. The minimum absolute atomic E-state index is 0.186. The van der Waals surface area contributed by atoms with E-state index < -0.39 is 5.41 Å². The summed E-state index contributed by atoms with van der Waals surface area (Å²) in [5, 5.41) is 2.99. The molecule has 5 nitrogen and oxygen atoms in total. The van der Waals surface area contributed by atoms with E-state index in [2.05, 4.69) is 21.2 Å². The van der Waals surface area contributed by atoms with Crippen LogP contribution in [0.2, 0.25) is 0 Å². The quantitative estimate of drug-likeness (QED) is 0.789. The first-order valence-corrected chi connectivity index (χ1v) is 9.62. The summed E-state index contributed by atoms with van der Waals surface area (Å²) in [6, 6.07) is 9.77. The average molecular weight is 436 g/mol. The van der Waals surface area contributed by atoms with E-state index >= 15 is 0 Å². The monoisotopic (exact) mass is 435 g/mol. The Kier molecular flexibility index (Phi) is 5.06. The number of ether oxygens (including phenoxy) is 3. The molecule has 2 aliphatic rings. The molecule has 142 valence electrons. The number of hydrogen-bond donors (Lipinski definition) is 1. The second-order valence-corrected chi connectivity index (χ2v) is 7.49. The molecule has 2 heterocycles. The maximum absolute atomic E-state index is 13.8. The zero-order valence-electron chi connectivity index (χ0n) is 14.6. The van der Waals surface area contributed by atoms with Crippen LogP contribution in [0.4, 0.5) is 10.1 Å². The number of hydrogen-bond acceptors (Lipinski definition) is 4. The van der Waals surface area contributed by atoms with Gasteiger partial charge in [0.05, 0.1) is 11.1 Å². The number of carbonyl (C=O) groups is 1. The van der Waals surface area contributed by atoms with Crippen molar-refractivity contribution >= 4 is 27.5 Å². The molecule has 2 aromatic carbocycles. The Balaban J connectivity index is 1.67. The maximum Gasteiger partial charge on any atom is 0.235 e. The van der Waals surface area contributed by atoms with Crippen LogP contribution in [0.15, 0.2) is 40.9 Å². The predicted octanol–water partition coefficient (Wildman–Crippen LogP) is 4.05.